The Kier molecular flexibility index (Phi) is 6.26. The van der Waals surface area contributed by atoms with E-state index in [1.807, 2.05) is 24.3 Å². The number of alkyl halides is 2. The molecule has 1 heterocycles. The molecule has 3 rings (SSSR count). The lowest BCUT2D eigenvalue weighted by atomic mass is 9.98. The van der Waals surface area contributed by atoms with Crippen molar-refractivity contribution in [3.8, 4) is 23.0 Å². The van der Waals surface area contributed by atoms with E-state index in [-0.39, 0.29) is 18.5 Å². The molecule has 0 saturated carbocycles. The first kappa shape index (κ1) is 21.2. The fourth-order valence-corrected chi connectivity index (χ4v) is 3.00. The largest absolute Gasteiger partial charge is 0.478 e. The molecule has 0 amide bonds. The van der Waals surface area contributed by atoms with Gasteiger partial charge in [-0.2, -0.15) is 8.78 Å². The number of carboxylic acids is 1. The van der Waals surface area contributed by atoms with Gasteiger partial charge in [0, 0.05) is 12.8 Å². The van der Waals surface area contributed by atoms with Crippen LogP contribution in [0, 0.1) is 11.8 Å². The summed E-state index contributed by atoms with van der Waals surface area (Å²) in [6.45, 7) is 3.24. The average molecular weight is 409 g/mol. The predicted octanol–water partition coefficient (Wildman–Crippen LogP) is 4.76. The van der Waals surface area contributed by atoms with Gasteiger partial charge in [-0.25, -0.2) is 14.5 Å². The molecular formula is C23H21F2N3O2. The van der Waals surface area contributed by atoms with Crippen LogP contribution < -0.4 is 0 Å². The minimum Gasteiger partial charge on any atom is -0.478 e. The zero-order valence-corrected chi connectivity index (χ0v) is 16.7. The number of aromatic nitrogens is 3. The summed E-state index contributed by atoms with van der Waals surface area (Å²) < 4.78 is 29.5. The lowest BCUT2D eigenvalue weighted by Crippen LogP contribution is -2.14. The molecule has 0 aliphatic heterocycles. The van der Waals surface area contributed by atoms with Crippen molar-refractivity contribution in [3.63, 3.8) is 0 Å². The topological polar surface area (TPSA) is 68.0 Å². The molecule has 7 heteroatoms. The summed E-state index contributed by atoms with van der Waals surface area (Å²) in [5.74, 6) is 1.38. The summed E-state index contributed by atoms with van der Waals surface area (Å²) in [7, 11) is 0. The molecule has 0 radical (unpaired) electrons. The molecule has 3 aromatic rings. The number of hydrogen-bond donors (Lipinski definition) is 1. The van der Waals surface area contributed by atoms with Crippen molar-refractivity contribution < 1.29 is 18.7 Å². The highest BCUT2D eigenvalue weighted by Gasteiger charge is 2.35. The van der Waals surface area contributed by atoms with E-state index in [0.29, 0.717) is 17.8 Å². The van der Waals surface area contributed by atoms with Crippen molar-refractivity contribution in [1.82, 2.24) is 14.8 Å². The number of hydrogen-bond acceptors (Lipinski definition) is 3. The van der Waals surface area contributed by atoms with Crippen LogP contribution in [0.4, 0.5) is 8.78 Å². The number of carbonyl (C=O) groups is 1. The van der Waals surface area contributed by atoms with E-state index in [0.717, 1.165) is 11.1 Å². The van der Waals surface area contributed by atoms with E-state index in [1.165, 1.54) is 11.6 Å². The number of aromatic carboxylic acids is 1. The zero-order chi connectivity index (χ0) is 21.7. The van der Waals surface area contributed by atoms with Crippen LogP contribution in [0.5, 0.6) is 0 Å². The molecule has 0 fully saturated rings. The molecule has 0 bridgehead atoms. The zero-order valence-electron chi connectivity index (χ0n) is 16.7. The van der Waals surface area contributed by atoms with Crippen LogP contribution in [0.2, 0.25) is 0 Å². The Morgan fingerprint density at radius 3 is 2.50 bits per heavy atom. The third kappa shape index (κ3) is 4.54. The van der Waals surface area contributed by atoms with Gasteiger partial charge in [0.15, 0.2) is 0 Å². The molecule has 0 saturated heterocycles. The lowest BCUT2D eigenvalue weighted by Gasteiger charge is -2.08. The first-order valence-corrected chi connectivity index (χ1v) is 9.49. The Morgan fingerprint density at radius 1 is 1.17 bits per heavy atom. The van der Waals surface area contributed by atoms with Crippen LogP contribution >= 0.6 is 0 Å². The molecule has 1 N–H and O–H groups in total. The van der Waals surface area contributed by atoms with Crippen molar-refractivity contribution in [1.29, 1.82) is 0 Å². The van der Waals surface area contributed by atoms with Gasteiger partial charge in [-0.3, -0.25) is 0 Å². The van der Waals surface area contributed by atoms with Gasteiger partial charge in [0.05, 0.1) is 5.56 Å². The summed E-state index contributed by atoms with van der Waals surface area (Å²) in [5.41, 5.74) is 2.43. The molecule has 0 atom stereocenters. The second kappa shape index (κ2) is 8.87. The van der Waals surface area contributed by atoms with Crippen LogP contribution in [-0.2, 0) is 18.9 Å². The maximum absolute atomic E-state index is 14.1. The van der Waals surface area contributed by atoms with Crippen molar-refractivity contribution >= 4 is 5.97 Å². The Hall–Kier alpha value is -3.53. The van der Waals surface area contributed by atoms with E-state index in [9.17, 15) is 18.7 Å². The summed E-state index contributed by atoms with van der Waals surface area (Å²) in [6.07, 6.45) is -0.0767. The average Bonchev–Trinajstić information content (AvgIpc) is 3.16. The van der Waals surface area contributed by atoms with Crippen LogP contribution in [0.25, 0.3) is 11.1 Å². The minimum absolute atomic E-state index is 0.183. The van der Waals surface area contributed by atoms with E-state index in [1.54, 1.807) is 31.2 Å². The molecule has 0 unspecified atom stereocenters. The number of halogens is 2. The van der Waals surface area contributed by atoms with Gasteiger partial charge in [-0.1, -0.05) is 55.3 Å². The smallest absolute Gasteiger partial charge is 0.336 e. The fourth-order valence-electron chi connectivity index (χ4n) is 3.00. The third-order valence-electron chi connectivity index (χ3n) is 4.71. The van der Waals surface area contributed by atoms with Crippen LogP contribution in [-0.4, -0.2) is 25.8 Å². The molecule has 0 aliphatic carbocycles. The van der Waals surface area contributed by atoms with E-state index in [2.05, 4.69) is 21.9 Å². The fraction of sp³-hybridized carbons (Fsp3) is 0.261. The van der Waals surface area contributed by atoms with E-state index >= 15 is 0 Å². The highest BCUT2D eigenvalue weighted by molar-refractivity contribution is 5.95. The Morgan fingerprint density at radius 2 is 1.87 bits per heavy atom. The molecule has 0 aliphatic rings. The predicted molar refractivity (Wildman–Crippen MR) is 109 cm³/mol. The van der Waals surface area contributed by atoms with E-state index < -0.39 is 17.7 Å². The van der Waals surface area contributed by atoms with Crippen molar-refractivity contribution in [3.05, 3.63) is 71.3 Å². The lowest BCUT2D eigenvalue weighted by molar-refractivity contribution is -0.0176. The highest BCUT2D eigenvalue weighted by Crippen LogP contribution is 2.29. The van der Waals surface area contributed by atoms with Crippen LogP contribution in [0.15, 0.2) is 48.5 Å². The first-order chi connectivity index (χ1) is 14.4. The molecule has 2 aromatic carbocycles. The van der Waals surface area contributed by atoms with Gasteiger partial charge in [-0.15, -0.1) is 11.0 Å². The second-order valence-corrected chi connectivity index (χ2v) is 6.72. The van der Waals surface area contributed by atoms with Crippen LogP contribution in [0.3, 0.4) is 0 Å². The number of nitrogens with zero attached hydrogens (tertiary/aromatic N) is 3. The summed E-state index contributed by atoms with van der Waals surface area (Å²) in [5, 5.41) is 13.3. The minimum atomic E-state index is -3.09. The number of rotatable bonds is 7. The maximum atomic E-state index is 14.1. The molecule has 0 spiro atoms. The Balaban J connectivity index is 1.90. The van der Waals surface area contributed by atoms with Crippen LogP contribution in [0.1, 0.15) is 47.8 Å². The van der Waals surface area contributed by atoms with Crippen molar-refractivity contribution in [2.75, 3.05) is 0 Å². The standard InChI is InChI=1S/C23H21F2N3O2/c1-3-5-14-28-20(26-22(27-28)23(24,25)4-2)15-16-10-12-17(13-11-16)18-8-6-7-9-19(18)21(29)30/h6-13H,4,14-15H2,1-2H3,(H,29,30). The SMILES string of the molecule is CC#CCn1nc(C(F)(F)CC)nc1Cc1ccc(-c2ccccc2C(=O)O)cc1. The molecule has 1 aromatic heterocycles. The van der Waals surface area contributed by atoms with E-state index in [4.69, 9.17) is 0 Å². The van der Waals surface area contributed by atoms with Gasteiger partial charge in [0.1, 0.15) is 12.4 Å². The summed E-state index contributed by atoms with van der Waals surface area (Å²) >= 11 is 0. The normalized spacial score (nSPS) is 11.1. The van der Waals surface area contributed by atoms with Gasteiger partial charge >= 0.3 is 11.9 Å². The second-order valence-electron chi connectivity index (χ2n) is 6.72. The van der Waals surface area contributed by atoms with Gasteiger partial charge in [-0.05, 0) is 29.7 Å². The van der Waals surface area contributed by atoms with Gasteiger partial charge < -0.3 is 5.11 Å². The molecule has 5 nitrogen and oxygen atoms in total. The Labute approximate surface area is 173 Å². The van der Waals surface area contributed by atoms with Crippen molar-refractivity contribution in [2.45, 2.75) is 39.2 Å². The molecular weight excluding hydrogens is 388 g/mol. The number of carboxylic acid groups (broad SMARTS) is 1. The number of benzene rings is 2. The quantitative estimate of drug-likeness (QED) is 0.572. The molecule has 154 valence electrons. The summed E-state index contributed by atoms with van der Waals surface area (Å²) in [6, 6.07) is 14.0. The van der Waals surface area contributed by atoms with Gasteiger partial charge in [0.2, 0.25) is 5.82 Å². The Bertz CT molecular complexity index is 1110. The van der Waals surface area contributed by atoms with Gasteiger partial charge in [0.25, 0.3) is 0 Å². The van der Waals surface area contributed by atoms with Crippen molar-refractivity contribution in [2.24, 2.45) is 0 Å². The monoisotopic (exact) mass is 409 g/mol. The highest BCUT2D eigenvalue weighted by atomic mass is 19.3. The molecule has 30 heavy (non-hydrogen) atoms. The summed E-state index contributed by atoms with van der Waals surface area (Å²) in [4.78, 5) is 15.5. The maximum Gasteiger partial charge on any atom is 0.336 e. The first-order valence-electron chi connectivity index (χ1n) is 9.49. The third-order valence-corrected chi connectivity index (χ3v) is 4.71.